The molecule has 0 aromatic heterocycles. The van der Waals surface area contributed by atoms with Gasteiger partial charge in [-0.15, -0.1) is 0 Å². The van der Waals surface area contributed by atoms with Gasteiger partial charge in [-0.1, -0.05) is 15.9 Å². The standard InChI is InChI=1S/C15H22BrNO2/c1-3-19-15(10-4-5-10)13(17)9-11-8-12(16)6-7-14(11)18-2/h6-8,10,13,15H,3-5,9,17H2,1-2H3. The summed E-state index contributed by atoms with van der Waals surface area (Å²) in [6.45, 7) is 2.76. The van der Waals surface area contributed by atoms with Gasteiger partial charge in [-0.3, -0.25) is 0 Å². The van der Waals surface area contributed by atoms with Crippen LogP contribution < -0.4 is 10.5 Å². The molecule has 1 fully saturated rings. The van der Waals surface area contributed by atoms with Gasteiger partial charge in [0.05, 0.1) is 13.2 Å². The van der Waals surface area contributed by atoms with E-state index >= 15 is 0 Å². The molecule has 0 bridgehead atoms. The molecule has 1 aromatic carbocycles. The Morgan fingerprint density at radius 3 is 2.74 bits per heavy atom. The van der Waals surface area contributed by atoms with Crippen molar-refractivity contribution in [3.63, 3.8) is 0 Å². The van der Waals surface area contributed by atoms with Crippen molar-refractivity contribution >= 4 is 15.9 Å². The van der Waals surface area contributed by atoms with Gasteiger partial charge in [0.2, 0.25) is 0 Å². The largest absolute Gasteiger partial charge is 0.496 e. The molecule has 2 rings (SSSR count). The lowest BCUT2D eigenvalue weighted by molar-refractivity contribution is 0.0287. The highest BCUT2D eigenvalue weighted by Gasteiger charge is 2.35. The van der Waals surface area contributed by atoms with Crippen LogP contribution in [0, 0.1) is 5.92 Å². The predicted octanol–water partition coefficient (Wildman–Crippen LogP) is 3.14. The molecule has 3 nitrogen and oxygen atoms in total. The fourth-order valence-electron chi connectivity index (χ4n) is 2.50. The quantitative estimate of drug-likeness (QED) is 0.836. The van der Waals surface area contributed by atoms with E-state index in [0.717, 1.165) is 28.8 Å². The molecule has 0 aliphatic heterocycles. The van der Waals surface area contributed by atoms with Gasteiger partial charge in [0.25, 0.3) is 0 Å². The van der Waals surface area contributed by atoms with Crippen molar-refractivity contribution in [2.75, 3.05) is 13.7 Å². The fraction of sp³-hybridized carbons (Fsp3) is 0.600. The number of ether oxygens (including phenoxy) is 2. The Balaban J connectivity index is 2.08. The Kier molecular flexibility index (Phi) is 5.25. The Morgan fingerprint density at radius 1 is 1.42 bits per heavy atom. The summed E-state index contributed by atoms with van der Waals surface area (Å²) in [6.07, 6.45) is 3.44. The van der Waals surface area contributed by atoms with E-state index in [9.17, 15) is 0 Å². The van der Waals surface area contributed by atoms with Crippen molar-refractivity contribution in [2.45, 2.75) is 38.3 Å². The molecule has 1 aliphatic rings. The SMILES string of the molecule is CCOC(C(N)Cc1cc(Br)ccc1OC)C1CC1. The second kappa shape index (κ2) is 6.73. The molecule has 1 aromatic rings. The number of nitrogens with two attached hydrogens (primary N) is 1. The summed E-state index contributed by atoms with van der Waals surface area (Å²) in [5.74, 6) is 1.54. The maximum Gasteiger partial charge on any atom is 0.122 e. The molecule has 2 atom stereocenters. The monoisotopic (exact) mass is 327 g/mol. The summed E-state index contributed by atoms with van der Waals surface area (Å²) < 4.78 is 12.3. The summed E-state index contributed by atoms with van der Waals surface area (Å²) in [5.41, 5.74) is 7.49. The number of methoxy groups -OCH3 is 1. The zero-order valence-corrected chi connectivity index (χ0v) is 13.2. The number of benzene rings is 1. The van der Waals surface area contributed by atoms with E-state index in [1.54, 1.807) is 7.11 Å². The molecule has 19 heavy (non-hydrogen) atoms. The van der Waals surface area contributed by atoms with Crippen molar-refractivity contribution in [2.24, 2.45) is 11.7 Å². The Labute approximate surface area is 123 Å². The van der Waals surface area contributed by atoms with Crippen molar-refractivity contribution in [1.82, 2.24) is 0 Å². The highest BCUT2D eigenvalue weighted by Crippen LogP contribution is 2.36. The van der Waals surface area contributed by atoms with Crippen LogP contribution in [0.1, 0.15) is 25.3 Å². The molecule has 0 saturated heterocycles. The molecule has 106 valence electrons. The van der Waals surface area contributed by atoms with Crippen molar-refractivity contribution in [3.8, 4) is 5.75 Å². The number of rotatable bonds is 7. The van der Waals surface area contributed by atoms with E-state index < -0.39 is 0 Å². The van der Waals surface area contributed by atoms with Crippen molar-refractivity contribution in [1.29, 1.82) is 0 Å². The van der Waals surface area contributed by atoms with Crippen molar-refractivity contribution in [3.05, 3.63) is 28.2 Å². The lowest BCUT2D eigenvalue weighted by Crippen LogP contribution is -2.40. The third kappa shape index (κ3) is 3.94. The number of halogens is 1. The first-order valence-electron chi connectivity index (χ1n) is 6.85. The first-order valence-corrected chi connectivity index (χ1v) is 7.64. The average molecular weight is 328 g/mol. The Morgan fingerprint density at radius 2 is 2.16 bits per heavy atom. The average Bonchev–Trinajstić information content (AvgIpc) is 3.20. The molecular formula is C15H22BrNO2. The molecule has 1 saturated carbocycles. The van der Waals surface area contributed by atoms with Crippen LogP contribution in [0.15, 0.2) is 22.7 Å². The summed E-state index contributed by atoms with van der Waals surface area (Å²) in [4.78, 5) is 0. The van der Waals surface area contributed by atoms with E-state index in [1.807, 2.05) is 19.1 Å². The second-order valence-corrected chi connectivity index (χ2v) is 6.00. The van der Waals surface area contributed by atoms with E-state index in [2.05, 4.69) is 22.0 Å². The molecule has 0 radical (unpaired) electrons. The van der Waals surface area contributed by atoms with Crippen LogP contribution in [0.2, 0.25) is 0 Å². The molecule has 2 unspecified atom stereocenters. The summed E-state index contributed by atoms with van der Waals surface area (Å²) in [5, 5.41) is 0. The number of hydrogen-bond acceptors (Lipinski definition) is 3. The highest BCUT2D eigenvalue weighted by molar-refractivity contribution is 9.10. The van der Waals surface area contributed by atoms with Gasteiger partial charge in [-0.2, -0.15) is 0 Å². The predicted molar refractivity (Wildman–Crippen MR) is 80.5 cm³/mol. The second-order valence-electron chi connectivity index (χ2n) is 5.08. The van der Waals surface area contributed by atoms with Crippen LogP contribution in [0.4, 0.5) is 0 Å². The lowest BCUT2D eigenvalue weighted by Gasteiger charge is -2.24. The summed E-state index contributed by atoms with van der Waals surface area (Å²) in [7, 11) is 1.69. The topological polar surface area (TPSA) is 44.5 Å². The molecule has 1 aliphatic carbocycles. The molecule has 4 heteroatoms. The van der Waals surface area contributed by atoms with E-state index in [4.69, 9.17) is 15.2 Å². The Bertz CT molecular complexity index is 421. The highest BCUT2D eigenvalue weighted by atomic mass is 79.9. The normalized spacial score (nSPS) is 18.1. The first-order chi connectivity index (χ1) is 9.15. The minimum Gasteiger partial charge on any atom is -0.496 e. The third-order valence-corrected chi connectivity index (χ3v) is 4.06. The van der Waals surface area contributed by atoms with Crippen LogP contribution in [-0.2, 0) is 11.2 Å². The van der Waals surface area contributed by atoms with Gasteiger partial charge in [0.15, 0.2) is 0 Å². The van der Waals surface area contributed by atoms with Gasteiger partial charge in [-0.05, 0) is 55.9 Å². The smallest absolute Gasteiger partial charge is 0.122 e. The zero-order chi connectivity index (χ0) is 13.8. The van der Waals surface area contributed by atoms with E-state index in [-0.39, 0.29) is 12.1 Å². The molecule has 0 amide bonds. The van der Waals surface area contributed by atoms with Gasteiger partial charge >= 0.3 is 0 Å². The van der Waals surface area contributed by atoms with Crippen LogP contribution in [0.3, 0.4) is 0 Å². The van der Waals surface area contributed by atoms with E-state index in [0.29, 0.717) is 5.92 Å². The Hall–Kier alpha value is -0.580. The van der Waals surface area contributed by atoms with Crippen molar-refractivity contribution < 1.29 is 9.47 Å². The van der Waals surface area contributed by atoms with Gasteiger partial charge in [0.1, 0.15) is 5.75 Å². The maximum absolute atomic E-state index is 6.35. The van der Waals surface area contributed by atoms with Crippen LogP contribution >= 0.6 is 15.9 Å². The zero-order valence-electron chi connectivity index (χ0n) is 11.6. The molecule has 0 spiro atoms. The fourth-order valence-corrected chi connectivity index (χ4v) is 2.91. The molecule has 0 heterocycles. The summed E-state index contributed by atoms with van der Waals surface area (Å²) >= 11 is 3.50. The van der Waals surface area contributed by atoms with Gasteiger partial charge < -0.3 is 15.2 Å². The minimum atomic E-state index is 0.0237. The van der Waals surface area contributed by atoms with E-state index in [1.165, 1.54) is 12.8 Å². The summed E-state index contributed by atoms with van der Waals surface area (Å²) in [6, 6.07) is 6.05. The molecular weight excluding hydrogens is 306 g/mol. The minimum absolute atomic E-state index is 0.0237. The third-order valence-electron chi connectivity index (χ3n) is 3.57. The van der Waals surface area contributed by atoms with Gasteiger partial charge in [0, 0.05) is 17.1 Å². The van der Waals surface area contributed by atoms with Crippen LogP contribution in [0.25, 0.3) is 0 Å². The molecule has 2 N–H and O–H groups in total. The van der Waals surface area contributed by atoms with Crippen LogP contribution in [-0.4, -0.2) is 25.9 Å². The maximum atomic E-state index is 6.35. The number of hydrogen-bond donors (Lipinski definition) is 1. The first kappa shape index (κ1) is 14.8. The van der Waals surface area contributed by atoms with Gasteiger partial charge in [-0.25, -0.2) is 0 Å². The van der Waals surface area contributed by atoms with Crippen LogP contribution in [0.5, 0.6) is 5.75 Å². The lowest BCUT2D eigenvalue weighted by atomic mass is 9.98.